The van der Waals surface area contributed by atoms with Crippen LogP contribution in [-0.4, -0.2) is 53.0 Å². The first kappa shape index (κ1) is 22.5. The topological polar surface area (TPSA) is 54.9 Å². The van der Waals surface area contributed by atoms with Gasteiger partial charge in [-0.25, -0.2) is 0 Å². The third-order valence-electron chi connectivity index (χ3n) is 4.32. The molecular weight excluding hydrogens is 453 g/mol. The summed E-state index contributed by atoms with van der Waals surface area (Å²) < 4.78 is 10.4. The number of aliphatic imine (C=N–C) groups is 1. The maximum Gasteiger partial charge on any atom is 0.191 e. The molecular formula is C18H29ClIN3O2. The fourth-order valence-corrected chi connectivity index (χ4v) is 2.75. The number of ether oxygens (including phenoxy) is 2. The van der Waals surface area contributed by atoms with Crippen LogP contribution in [0.15, 0.2) is 29.3 Å². The van der Waals surface area contributed by atoms with Crippen LogP contribution in [0.1, 0.15) is 24.8 Å². The highest BCUT2D eigenvalue weighted by atomic mass is 127. The monoisotopic (exact) mass is 481 g/mol. The number of nitrogens with zero attached hydrogens (tertiary/aromatic N) is 1. The number of methoxy groups -OCH3 is 1. The minimum atomic E-state index is 0. The normalized spacial score (nSPS) is 15.4. The van der Waals surface area contributed by atoms with Gasteiger partial charge in [0, 0.05) is 44.3 Å². The summed E-state index contributed by atoms with van der Waals surface area (Å²) in [6, 6.07) is 8.19. The molecule has 5 nitrogen and oxygen atoms in total. The molecule has 0 atom stereocenters. The molecule has 1 fully saturated rings. The maximum absolute atomic E-state index is 5.98. The zero-order valence-electron chi connectivity index (χ0n) is 15.0. The van der Waals surface area contributed by atoms with Crippen molar-refractivity contribution in [3.05, 3.63) is 34.9 Å². The van der Waals surface area contributed by atoms with E-state index in [2.05, 4.69) is 27.8 Å². The van der Waals surface area contributed by atoms with Crippen LogP contribution in [0.4, 0.5) is 0 Å². The van der Waals surface area contributed by atoms with Gasteiger partial charge in [0.2, 0.25) is 0 Å². The molecule has 2 rings (SSSR count). The van der Waals surface area contributed by atoms with Gasteiger partial charge in [0.05, 0.1) is 13.2 Å². The molecule has 7 heteroatoms. The Morgan fingerprint density at radius 3 is 2.48 bits per heavy atom. The second-order valence-corrected chi connectivity index (χ2v) is 6.53. The number of rotatable bonds is 10. The van der Waals surface area contributed by atoms with Crippen molar-refractivity contribution in [2.75, 3.05) is 47.1 Å². The third kappa shape index (κ3) is 7.68. The zero-order valence-corrected chi connectivity index (χ0v) is 18.1. The Balaban J connectivity index is 0.00000312. The van der Waals surface area contributed by atoms with Gasteiger partial charge in [0.25, 0.3) is 0 Å². The summed E-state index contributed by atoms with van der Waals surface area (Å²) in [5, 5.41) is 7.55. The van der Waals surface area contributed by atoms with Crippen molar-refractivity contribution in [2.24, 2.45) is 4.99 Å². The summed E-state index contributed by atoms with van der Waals surface area (Å²) in [6.07, 6.45) is 3.34. The SMILES string of the molecule is CN=C(NCCCOCCOC)NCC1(c2ccc(Cl)cc2)CC1.I. The van der Waals surface area contributed by atoms with Crippen LogP contribution in [0, 0.1) is 0 Å². The predicted octanol–water partition coefficient (Wildman–Crippen LogP) is 3.21. The largest absolute Gasteiger partial charge is 0.382 e. The Labute approximate surface area is 172 Å². The molecule has 0 amide bonds. The highest BCUT2D eigenvalue weighted by molar-refractivity contribution is 14.0. The molecule has 1 aromatic rings. The van der Waals surface area contributed by atoms with Crippen molar-refractivity contribution < 1.29 is 9.47 Å². The van der Waals surface area contributed by atoms with Crippen LogP contribution in [0.25, 0.3) is 0 Å². The molecule has 0 aromatic heterocycles. The van der Waals surface area contributed by atoms with Gasteiger partial charge in [0.15, 0.2) is 5.96 Å². The Morgan fingerprint density at radius 2 is 1.88 bits per heavy atom. The van der Waals surface area contributed by atoms with Crippen molar-refractivity contribution in [2.45, 2.75) is 24.7 Å². The molecule has 0 saturated heterocycles. The zero-order chi connectivity index (χ0) is 17.3. The number of hydrogen-bond donors (Lipinski definition) is 2. The van der Waals surface area contributed by atoms with E-state index in [0.29, 0.717) is 13.2 Å². The first-order valence-corrected chi connectivity index (χ1v) is 8.85. The van der Waals surface area contributed by atoms with Gasteiger partial charge in [-0.1, -0.05) is 23.7 Å². The van der Waals surface area contributed by atoms with Crippen molar-refractivity contribution in [3.8, 4) is 0 Å². The quantitative estimate of drug-likeness (QED) is 0.233. The lowest BCUT2D eigenvalue weighted by Gasteiger charge is -2.19. The number of nitrogens with one attached hydrogen (secondary N) is 2. The lowest BCUT2D eigenvalue weighted by atomic mass is 9.96. The highest BCUT2D eigenvalue weighted by Gasteiger charge is 2.44. The molecule has 142 valence electrons. The van der Waals surface area contributed by atoms with Gasteiger partial charge >= 0.3 is 0 Å². The molecule has 0 unspecified atom stereocenters. The molecule has 2 N–H and O–H groups in total. The summed E-state index contributed by atoms with van der Waals surface area (Å²) >= 11 is 5.98. The Hall–Kier alpha value is -0.570. The van der Waals surface area contributed by atoms with Crippen molar-refractivity contribution in [1.29, 1.82) is 0 Å². The summed E-state index contributed by atoms with van der Waals surface area (Å²) in [7, 11) is 3.48. The van der Waals surface area contributed by atoms with Crippen LogP contribution < -0.4 is 10.6 Å². The minimum absolute atomic E-state index is 0. The molecule has 0 spiro atoms. The lowest BCUT2D eigenvalue weighted by molar-refractivity contribution is 0.0698. The van der Waals surface area contributed by atoms with Crippen molar-refractivity contribution >= 4 is 41.5 Å². The van der Waals surface area contributed by atoms with E-state index in [1.165, 1.54) is 18.4 Å². The van der Waals surface area contributed by atoms with Crippen LogP contribution in [-0.2, 0) is 14.9 Å². The molecule has 0 bridgehead atoms. The van der Waals surface area contributed by atoms with E-state index in [9.17, 15) is 0 Å². The fraction of sp³-hybridized carbons (Fsp3) is 0.611. The average molecular weight is 482 g/mol. The molecule has 0 radical (unpaired) electrons. The van der Waals surface area contributed by atoms with E-state index < -0.39 is 0 Å². The van der Waals surface area contributed by atoms with Gasteiger partial charge < -0.3 is 20.1 Å². The summed E-state index contributed by atoms with van der Waals surface area (Å²) in [6.45, 7) is 3.73. The maximum atomic E-state index is 5.98. The Morgan fingerprint density at radius 1 is 1.16 bits per heavy atom. The Bertz CT molecular complexity index is 522. The van der Waals surface area contributed by atoms with Gasteiger partial charge in [-0.2, -0.15) is 0 Å². The van der Waals surface area contributed by atoms with Gasteiger partial charge in [-0.15, -0.1) is 24.0 Å². The predicted molar refractivity (Wildman–Crippen MR) is 114 cm³/mol. The van der Waals surface area contributed by atoms with Crippen LogP contribution in [0.3, 0.4) is 0 Å². The summed E-state index contributed by atoms with van der Waals surface area (Å²) in [5.41, 5.74) is 1.58. The van der Waals surface area contributed by atoms with Crippen LogP contribution in [0.5, 0.6) is 0 Å². The van der Waals surface area contributed by atoms with Crippen LogP contribution >= 0.6 is 35.6 Å². The summed E-state index contributed by atoms with van der Waals surface area (Å²) in [5.74, 6) is 0.840. The van der Waals surface area contributed by atoms with Crippen molar-refractivity contribution in [1.82, 2.24) is 10.6 Å². The standard InChI is InChI=1S/C18H28ClN3O2.HI/c1-20-17(21-10-3-11-24-13-12-23-2)22-14-18(8-9-18)15-4-6-16(19)7-5-15;/h4-7H,3,8-14H2,1-2H3,(H2,20,21,22);1H. The second kappa shape index (κ2) is 11.9. The van der Waals surface area contributed by atoms with E-state index in [0.717, 1.165) is 37.1 Å². The number of hydrogen-bond acceptors (Lipinski definition) is 3. The van der Waals surface area contributed by atoms with E-state index in [-0.39, 0.29) is 29.4 Å². The van der Waals surface area contributed by atoms with Gasteiger partial charge in [0.1, 0.15) is 0 Å². The van der Waals surface area contributed by atoms with Gasteiger partial charge in [-0.3, -0.25) is 4.99 Å². The average Bonchev–Trinajstić information content (AvgIpc) is 3.38. The molecule has 25 heavy (non-hydrogen) atoms. The molecule has 1 saturated carbocycles. The molecule has 1 aliphatic carbocycles. The minimum Gasteiger partial charge on any atom is -0.382 e. The number of guanidine groups is 1. The number of benzene rings is 1. The van der Waals surface area contributed by atoms with E-state index in [4.69, 9.17) is 21.1 Å². The first-order valence-electron chi connectivity index (χ1n) is 8.47. The van der Waals surface area contributed by atoms with E-state index >= 15 is 0 Å². The highest BCUT2D eigenvalue weighted by Crippen LogP contribution is 2.47. The van der Waals surface area contributed by atoms with Gasteiger partial charge in [-0.05, 0) is 37.0 Å². The Kier molecular flexibility index (Phi) is 10.7. The molecule has 0 heterocycles. The molecule has 1 aliphatic rings. The fourth-order valence-electron chi connectivity index (χ4n) is 2.62. The van der Waals surface area contributed by atoms with Crippen LogP contribution in [0.2, 0.25) is 5.02 Å². The molecule has 0 aliphatic heterocycles. The molecule has 1 aromatic carbocycles. The van der Waals surface area contributed by atoms with E-state index in [1.807, 2.05) is 12.1 Å². The number of halogens is 2. The first-order chi connectivity index (χ1) is 11.7. The second-order valence-electron chi connectivity index (χ2n) is 6.10. The lowest BCUT2D eigenvalue weighted by Crippen LogP contribution is -2.41. The smallest absolute Gasteiger partial charge is 0.191 e. The van der Waals surface area contributed by atoms with Crippen molar-refractivity contribution in [3.63, 3.8) is 0 Å². The van der Waals surface area contributed by atoms with E-state index in [1.54, 1.807) is 14.2 Å². The third-order valence-corrected chi connectivity index (χ3v) is 4.57. The summed E-state index contributed by atoms with van der Waals surface area (Å²) in [4.78, 5) is 4.29.